The van der Waals surface area contributed by atoms with Gasteiger partial charge >= 0.3 is 5.97 Å². The van der Waals surface area contributed by atoms with Crippen LogP contribution in [0, 0.1) is 21.4 Å². The van der Waals surface area contributed by atoms with Crippen LogP contribution in [0.5, 0.6) is 0 Å². The molecule has 0 spiro atoms. The Hall–Kier alpha value is -2.46. The second kappa shape index (κ2) is 6.47. The summed E-state index contributed by atoms with van der Waals surface area (Å²) in [7, 11) is 0. The third-order valence-electron chi connectivity index (χ3n) is 2.48. The molecule has 0 aromatic heterocycles. The first kappa shape index (κ1) is 14.6. The van der Waals surface area contributed by atoms with Gasteiger partial charge < -0.3 is 10.5 Å². The molecule has 1 aromatic carbocycles. The van der Waals surface area contributed by atoms with Gasteiger partial charge in [-0.2, -0.15) is 5.26 Å². The van der Waals surface area contributed by atoms with E-state index in [1.54, 1.807) is 6.92 Å². The minimum Gasteiger partial charge on any atom is -0.466 e. The number of ether oxygens (including phenoxy) is 1. The van der Waals surface area contributed by atoms with Crippen molar-refractivity contribution in [3.05, 3.63) is 38.9 Å². The molecule has 100 valence electrons. The van der Waals surface area contributed by atoms with Crippen LogP contribution in [-0.2, 0) is 22.5 Å². The van der Waals surface area contributed by atoms with Crippen LogP contribution in [0.1, 0.15) is 23.6 Å². The highest BCUT2D eigenvalue weighted by molar-refractivity contribution is 5.74. The van der Waals surface area contributed by atoms with Gasteiger partial charge in [0.2, 0.25) is 0 Å². The molecular weight excluding hydrogens is 250 g/mol. The summed E-state index contributed by atoms with van der Waals surface area (Å²) in [6, 6.07) is 4.45. The number of nitriles is 1. The molecule has 0 unspecified atom stereocenters. The van der Waals surface area contributed by atoms with Crippen molar-refractivity contribution in [3.63, 3.8) is 0 Å². The van der Waals surface area contributed by atoms with Crippen LogP contribution < -0.4 is 5.73 Å². The van der Waals surface area contributed by atoms with Crippen LogP contribution in [0.25, 0.3) is 0 Å². The Morgan fingerprint density at radius 3 is 2.68 bits per heavy atom. The van der Waals surface area contributed by atoms with Gasteiger partial charge in [0.1, 0.15) is 0 Å². The molecule has 0 radical (unpaired) electrons. The van der Waals surface area contributed by atoms with Gasteiger partial charge in [-0.05, 0) is 18.6 Å². The molecule has 0 atom stereocenters. The monoisotopic (exact) mass is 263 g/mol. The summed E-state index contributed by atoms with van der Waals surface area (Å²) in [6.45, 7) is 1.85. The maximum atomic E-state index is 11.4. The molecule has 0 bridgehead atoms. The van der Waals surface area contributed by atoms with Gasteiger partial charge in [0, 0.05) is 18.2 Å². The Labute approximate surface area is 109 Å². The zero-order chi connectivity index (χ0) is 14.4. The Morgan fingerprint density at radius 2 is 2.21 bits per heavy atom. The largest absolute Gasteiger partial charge is 0.466 e. The first-order valence-corrected chi connectivity index (χ1v) is 5.59. The summed E-state index contributed by atoms with van der Waals surface area (Å²) in [5, 5.41) is 19.9. The van der Waals surface area contributed by atoms with Crippen molar-refractivity contribution < 1.29 is 14.5 Å². The molecule has 2 N–H and O–H groups in total. The van der Waals surface area contributed by atoms with Gasteiger partial charge in [0.05, 0.1) is 29.6 Å². The smallest absolute Gasteiger partial charge is 0.310 e. The summed E-state index contributed by atoms with van der Waals surface area (Å²) < 4.78 is 4.74. The summed E-state index contributed by atoms with van der Waals surface area (Å²) in [4.78, 5) is 21.7. The van der Waals surface area contributed by atoms with E-state index in [1.807, 2.05) is 6.07 Å². The van der Waals surface area contributed by atoms with Crippen LogP contribution in [0.4, 0.5) is 5.69 Å². The number of rotatable bonds is 5. The number of carbonyl (C=O) groups is 1. The van der Waals surface area contributed by atoms with Crippen LogP contribution in [0.2, 0.25) is 0 Å². The van der Waals surface area contributed by atoms with E-state index < -0.39 is 10.9 Å². The number of benzene rings is 1. The van der Waals surface area contributed by atoms with E-state index in [-0.39, 0.29) is 36.4 Å². The minimum atomic E-state index is -0.602. The molecule has 1 rings (SSSR count). The highest BCUT2D eigenvalue weighted by Gasteiger charge is 2.20. The number of carbonyl (C=O) groups excluding carboxylic acids is 1. The fourth-order valence-electron chi connectivity index (χ4n) is 1.63. The van der Waals surface area contributed by atoms with Crippen molar-refractivity contribution >= 4 is 11.7 Å². The highest BCUT2D eigenvalue weighted by atomic mass is 16.6. The molecule has 0 aliphatic rings. The van der Waals surface area contributed by atoms with Crippen molar-refractivity contribution in [2.24, 2.45) is 5.73 Å². The van der Waals surface area contributed by atoms with Gasteiger partial charge in [0.15, 0.2) is 0 Å². The van der Waals surface area contributed by atoms with E-state index >= 15 is 0 Å². The summed E-state index contributed by atoms with van der Waals surface area (Å²) >= 11 is 0. The number of esters is 1. The van der Waals surface area contributed by atoms with Crippen LogP contribution in [0.3, 0.4) is 0 Å². The number of nitro groups is 1. The minimum absolute atomic E-state index is 0.0173. The van der Waals surface area contributed by atoms with E-state index in [1.165, 1.54) is 12.1 Å². The predicted molar refractivity (Wildman–Crippen MR) is 66.0 cm³/mol. The molecule has 7 nitrogen and oxygen atoms in total. The third kappa shape index (κ3) is 3.50. The maximum Gasteiger partial charge on any atom is 0.310 e. The van der Waals surface area contributed by atoms with Gasteiger partial charge in [-0.3, -0.25) is 14.9 Å². The third-order valence-corrected chi connectivity index (χ3v) is 2.48. The van der Waals surface area contributed by atoms with Crippen molar-refractivity contribution in [1.29, 1.82) is 5.26 Å². The first-order valence-electron chi connectivity index (χ1n) is 5.59. The molecule has 19 heavy (non-hydrogen) atoms. The van der Waals surface area contributed by atoms with Crippen molar-refractivity contribution in [3.8, 4) is 6.07 Å². The molecule has 0 heterocycles. The van der Waals surface area contributed by atoms with E-state index in [0.29, 0.717) is 5.56 Å². The zero-order valence-electron chi connectivity index (χ0n) is 10.4. The van der Waals surface area contributed by atoms with Gasteiger partial charge in [0.25, 0.3) is 5.69 Å². The molecule has 0 aliphatic carbocycles. The van der Waals surface area contributed by atoms with E-state index in [2.05, 4.69) is 0 Å². The molecule has 7 heteroatoms. The predicted octanol–water partition coefficient (Wildman–Crippen LogP) is 1.03. The van der Waals surface area contributed by atoms with Crippen LogP contribution in [-0.4, -0.2) is 17.5 Å². The quantitative estimate of drug-likeness (QED) is 0.481. The van der Waals surface area contributed by atoms with Crippen molar-refractivity contribution in [2.45, 2.75) is 19.9 Å². The SMILES string of the molecule is CCOC(=O)Cc1cc(C#N)c(CN)cc1[N+](=O)[O-]. The Kier molecular flexibility index (Phi) is 4.97. The lowest BCUT2D eigenvalue weighted by molar-refractivity contribution is -0.385. The van der Waals surface area contributed by atoms with Crippen molar-refractivity contribution in [2.75, 3.05) is 6.61 Å². The maximum absolute atomic E-state index is 11.4. The second-order valence-corrected chi connectivity index (χ2v) is 3.69. The fraction of sp³-hybridized carbons (Fsp3) is 0.333. The number of hydrogen-bond donors (Lipinski definition) is 1. The molecule has 0 saturated heterocycles. The number of hydrogen-bond acceptors (Lipinski definition) is 6. The topological polar surface area (TPSA) is 119 Å². The number of nitrogens with zero attached hydrogens (tertiary/aromatic N) is 2. The molecule has 1 aromatic rings. The molecular formula is C12H13N3O4. The average Bonchev–Trinajstić information content (AvgIpc) is 2.38. The molecule has 0 amide bonds. The highest BCUT2D eigenvalue weighted by Crippen LogP contribution is 2.24. The number of nitrogens with two attached hydrogens (primary N) is 1. The Bertz CT molecular complexity index is 549. The summed E-state index contributed by atoms with van der Waals surface area (Å²) in [5.41, 5.74) is 5.96. The summed E-state index contributed by atoms with van der Waals surface area (Å²) in [5.74, 6) is -0.574. The molecule has 0 aliphatic heterocycles. The number of nitro benzene ring substituents is 1. The average molecular weight is 263 g/mol. The zero-order valence-corrected chi connectivity index (χ0v) is 10.4. The van der Waals surface area contributed by atoms with E-state index in [9.17, 15) is 14.9 Å². The van der Waals surface area contributed by atoms with Gasteiger partial charge in [-0.1, -0.05) is 0 Å². The standard InChI is InChI=1S/C12H13N3O4/c1-2-19-12(16)5-8-3-9(6-13)10(7-14)4-11(8)15(17)18/h3-4H,2,5,7,14H2,1H3. The Morgan fingerprint density at radius 1 is 1.53 bits per heavy atom. The summed E-state index contributed by atoms with van der Waals surface area (Å²) in [6.07, 6.45) is -0.246. The molecule has 0 fully saturated rings. The molecule has 0 saturated carbocycles. The lowest BCUT2D eigenvalue weighted by atomic mass is 10.0. The fourth-order valence-corrected chi connectivity index (χ4v) is 1.63. The van der Waals surface area contributed by atoms with Gasteiger partial charge in [-0.25, -0.2) is 0 Å². The lowest BCUT2D eigenvalue weighted by Gasteiger charge is -2.07. The first-order chi connectivity index (χ1) is 9.03. The normalized spacial score (nSPS) is 9.74. The van der Waals surface area contributed by atoms with E-state index in [4.69, 9.17) is 15.7 Å². The van der Waals surface area contributed by atoms with Crippen LogP contribution in [0.15, 0.2) is 12.1 Å². The second-order valence-electron chi connectivity index (χ2n) is 3.69. The van der Waals surface area contributed by atoms with Crippen molar-refractivity contribution in [1.82, 2.24) is 0 Å². The van der Waals surface area contributed by atoms with Gasteiger partial charge in [-0.15, -0.1) is 0 Å². The van der Waals surface area contributed by atoms with E-state index in [0.717, 1.165) is 0 Å². The van der Waals surface area contributed by atoms with Crippen LogP contribution >= 0.6 is 0 Å². The Balaban J connectivity index is 3.24. The lowest BCUT2D eigenvalue weighted by Crippen LogP contribution is -2.11.